The van der Waals surface area contributed by atoms with Crippen molar-refractivity contribution in [3.05, 3.63) is 74.2 Å². The highest BCUT2D eigenvalue weighted by atomic mass is 35.5. The Morgan fingerprint density at radius 2 is 1.77 bits per heavy atom. The van der Waals surface area contributed by atoms with E-state index >= 15 is 0 Å². The molecule has 1 aliphatic carbocycles. The Labute approximate surface area is 219 Å². The molecule has 0 aliphatic heterocycles. The molecule has 3 aromatic rings. The SMILES string of the molecule is Cc1cccc(N(C(=O)c2nsc(Cl)c2Cl)C(C(=O)NC2CCCCC2)c2ccc(O)cc2)c1C. The van der Waals surface area contributed by atoms with Crippen LogP contribution in [0.25, 0.3) is 0 Å². The Morgan fingerprint density at radius 1 is 1.09 bits per heavy atom. The van der Waals surface area contributed by atoms with Crippen LogP contribution in [0.4, 0.5) is 5.69 Å². The summed E-state index contributed by atoms with van der Waals surface area (Å²) in [6.07, 6.45) is 5.07. The number of benzene rings is 2. The van der Waals surface area contributed by atoms with Crippen molar-refractivity contribution in [3.63, 3.8) is 0 Å². The van der Waals surface area contributed by atoms with Crippen LogP contribution in [-0.4, -0.2) is 27.3 Å². The van der Waals surface area contributed by atoms with Crippen molar-refractivity contribution >= 4 is 52.2 Å². The molecule has 1 saturated carbocycles. The molecular weight excluding hydrogens is 505 g/mol. The highest BCUT2D eigenvalue weighted by Crippen LogP contribution is 2.37. The molecule has 2 aromatic carbocycles. The smallest absolute Gasteiger partial charge is 0.280 e. The van der Waals surface area contributed by atoms with Gasteiger partial charge in [-0.05, 0) is 73.1 Å². The monoisotopic (exact) mass is 531 g/mol. The van der Waals surface area contributed by atoms with E-state index in [1.54, 1.807) is 12.1 Å². The second-order valence-electron chi connectivity index (χ2n) is 8.85. The van der Waals surface area contributed by atoms with Gasteiger partial charge in [-0.15, -0.1) is 0 Å². The van der Waals surface area contributed by atoms with Crippen molar-refractivity contribution in [3.8, 4) is 5.75 Å². The topological polar surface area (TPSA) is 82.5 Å². The zero-order chi connectivity index (χ0) is 25.1. The number of rotatable bonds is 6. The normalized spacial score (nSPS) is 15.0. The number of aryl methyl sites for hydroxylation is 1. The molecule has 4 rings (SSSR count). The predicted octanol–water partition coefficient (Wildman–Crippen LogP) is 6.61. The summed E-state index contributed by atoms with van der Waals surface area (Å²) in [5.74, 6) is -0.753. The van der Waals surface area contributed by atoms with E-state index in [4.69, 9.17) is 23.2 Å². The highest BCUT2D eigenvalue weighted by molar-refractivity contribution is 7.11. The van der Waals surface area contributed by atoms with Crippen molar-refractivity contribution < 1.29 is 14.7 Å². The quantitative estimate of drug-likeness (QED) is 0.374. The Hall–Kier alpha value is -2.61. The standard InChI is InChI=1S/C26H27Cl2N3O3S/c1-15-7-6-10-20(16(15)2)31(26(34)22-21(27)24(28)35-30-22)23(17-11-13-19(32)14-12-17)25(33)29-18-8-4-3-5-9-18/h6-7,10-14,18,23,32H,3-5,8-9H2,1-2H3,(H,29,33). The molecule has 0 bridgehead atoms. The first kappa shape index (κ1) is 25.5. The lowest BCUT2D eigenvalue weighted by atomic mass is 9.94. The maximum atomic E-state index is 14.0. The third-order valence-corrected chi connectivity index (χ3v) is 8.13. The molecule has 1 aliphatic rings. The first-order valence-corrected chi connectivity index (χ1v) is 13.1. The van der Waals surface area contributed by atoms with Gasteiger partial charge < -0.3 is 10.4 Å². The van der Waals surface area contributed by atoms with Gasteiger partial charge in [-0.1, -0.05) is 66.7 Å². The highest BCUT2D eigenvalue weighted by Gasteiger charge is 2.37. The number of nitrogens with zero attached hydrogens (tertiary/aromatic N) is 2. The summed E-state index contributed by atoms with van der Waals surface area (Å²) in [6.45, 7) is 3.86. The van der Waals surface area contributed by atoms with E-state index in [2.05, 4.69) is 9.69 Å². The number of hydrogen-bond donors (Lipinski definition) is 2. The maximum absolute atomic E-state index is 14.0. The second-order valence-corrected chi connectivity index (χ2v) is 10.6. The lowest BCUT2D eigenvalue weighted by molar-refractivity contribution is -0.123. The Kier molecular flexibility index (Phi) is 7.99. The molecule has 35 heavy (non-hydrogen) atoms. The summed E-state index contributed by atoms with van der Waals surface area (Å²) in [5, 5.41) is 13.1. The third-order valence-electron chi connectivity index (χ3n) is 6.52. The van der Waals surface area contributed by atoms with E-state index in [-0.39, 0.29) is 32.8 Å². The molecule has 184 valence electrons. The minimum atomic E-state index is -1.01. The van der Waals surface area contributed by atoms with Crippen molar-refractivity contribution in [2.45, 2.75) is 58.0 Å². The van der Waals surface area contributed by atoms with E-state index in [0.717, 1.165) is 54.8 Å². The number of aromatic hydroxyl groups is 1. The van der Waals surface area contributed by atoms with Gasteiger partial charge in [0.05, 0.1) is 0 Å². The number of carbonyl (C=O) groups is 2. The Morgan fingerprint density at radius 3 is 2.40 bits per heavy atom. The number of halogens is 2. The second kappa shape index (κ2) is 11.0. The van der Waals surface area contributed by atoms with Crippen LogP contribution in [0.15, 0.2) is 42.5 Å². The minimum absolute atomic E-state index is 0.00295. The van der Waals surface area contributed by atoms with Gasteiger partial charge in [-0.2, -0.15) is 4.37 Å². The average Bonchev–Trinajstić information content (AvgIpc) is 3.18. The van der Waals surface area contributed by atoms with Crippen molar-refractivity contribution in [2.24, 2.45) is 0 Å². The zero-order valence-corrected chi connectivity index (χ0v) is 21.9. The molecule has 0 saturated heterocycles. The number of amides is 2. The van der Waals surface area contributed by atoms with E-state index < -0.39 is 11.9 Å². The van der Waals surface area contributed by atoms with Gasteiger partial charge in [0.1, 0.15) is 21.2 Å². The van der Waals surface area contributed by atoms with Gasteiger partial charge in [0, 0.05) is 11.7 Å². The molecule has 1 unspecified atom stereocenters. The number of aromatic nitrogens is 1. The Bertz CT molecular complexity index is 1220. The van der Waals surface area contributed by atoms with Crippen LogP contribution in [0.5, 0.6) is 5.75 Å². The molecule has 6 nitrogen and oxygen atoms in total. The number of nitrogens with one attached hydrogen (secondary N) is 1. The molecule has 0 spiro atoms. The molecule has 2 N–H and O–H groups in total. The van der Waals surface area contributed by atoms with Crippen molar-refractivity contribution in [2.75, 3.05) is 4.90 Å². The summed E-state index contributed by atoms with van der Waals surface area (Å²) in [6, 6.07) is 11.0. The lowest BCUT2D eigenvalue weighted by Gasteiger charge is -2.34. The molecule has 1 fully saturated rings. The van der Waals surface area contributed by atoms with E-state index in [9.17, 15) is 14.7 Å². The number of carbonyl (C=O) groups excluding carboxylic acids is 2. The fraction of sp³-hybridized carbons (Fsp3) is 0.346. The summed E-state index contributed by atoms with van der Waals surface area (Å²) >= 11 is 13.4. The molecule has 2 amide bonds. The number of phenolic OH excluding ortho intramolecular Hbond substituents is 1. The van der Waals surface area contributed by atoms with E-state index in [1.807, 2.05) is 32.0 Å². The van der Waals surface area contributed by atoms with Crippen LogP contribution in [0.3, 0.4) is 0 Å². The van der Waals surface area contributed by atoms with Gasteiger partial charge in [0.2, 0.25) is 5.91 Å². The number of phenols is 1. The molecule has 1 heterocycles. The van der Waals surface area contributed by atoms with Crippen molar-refractivity contribution in [1.29, 1.82) is 0 Å². The average molecular weight is 532 g/mol. The lowest BCUT2D eigenvalue weighted by Crippen LogP contribution is -2.47. The summed E-state index contributed by atoms with van der Waals surface area (Å²) in [5.41, 5.74) is 2.96. The maximum Gasteiger partial charge on any atom is 0.280 e. The van der Waals surface area contributed by atoms with Crippen LogP contribution in [0.2, 0.25) is 9.36 Å². The molecule has 1 aromatic heterocycles. The Balaban J connectivity index is 1.86. The minimum Gasteiger partial charge on any atom is -0.508 e. The van der Waals surface area contributed by atoms with E-state index in [0.29, 0.717) is 11.3 Å². The third kappa shape index (κ3) is 5.47. The molecule has 9 heteroatoms. The van der Waals surface area contributed by atoms with Crippen molar-refractivity contribution in [1.82, 2.24) is 9.69 Å². The van der Waals surface area contributed by atoms with Gasteiger partial charge in [-0.3, -0.25) is 14.5 Å². The van der Waals surface area contributed by atoms with Crippen LogP contribution >= 0.6 is 34.7 Å². The summed E-state index contributed by atoms with van der Waals surface area (Å²) < 4.78 is 4.41. The molecular formula is C26H27Cl2N3O3S. The van der Waals surface area contributed by atoms with Gasteiger partial charge >= 0.3 is 0 Å². The first-order chi connectivity index (χ1) is 16.8. The van der Waals surface area contributed by atoms with Crippen LogP contribution in [0.1, 0.15) is 65.3 Å². The predicted molar refractivity (Wildman–Crippen MR) is 141 cm³/mol. The zero-order valence-electron chi connectivity index (χ0n) is 19.6. The molecule has 0 radical (unpaired) electrons. The van der Waals surface area contributed by atoms with Gasteiger partial charge in [-0.25, -0.2) is 0 Å². The van der Waals surface area contributed by atoms with Crippen LogP contribution < -0.4 is 10.2 Å². The summed E-state index contributed by atoms with van der Waals surface area (Å²) in [4.78, 5) is 29.4. The fourth-order valence-corrected chi connectivity index (χ4v) is 5.46. The van der Waals surface area contributed by atoms with Gasteiger partial charge in [0.15, 0.2) is 5.69 Å². The largest absolute Gasteiger partial charge is 0.508 e. The number of hydrogen-bond acceptors (Lipinski definition) is 5. The van der Waals surface area contributed by atoms with Crippen LogP contribution in [-0.2, 0) is 4.79 Å². The summed E-state index contributed by atoms with van der Waals surface area (Å²) in [7, 11) is 0. The van der Waals surface area contributed by atoms with E-state index in [1.165, 1.54) is 17.0 Å². The molecule has 1 atom stereocenters. The first-order valence-electron chi connectivity index (χ1n) is 11.6. The number of anilines is 1. The van der Waals surface area contributed by atoms with Crippen LogP contribution in [0, 0.1) is 13.8 Å². The van der Waals surface area contributed by atoms with Gasteiger partial charge in [0.25, 0.3) is 5.91 Å². The fourth-order valence-electron chi connectivity index (χ4n) is 4.47.